The van der Waals surface area contributed by atoms with Crippen molar-refractivity contribution in [3.63, 3.8) is 0 Å². The van der Waals surface area contributed by atoms with E-state index in [0.717, 1.165) is 0 Å². The molecule has 0 aliphatic heterocycles. The molecule has 1 heterocycles. The van der Waals surface area contributed by atoms with Gasteiger partial charge in [0.2, 0.25) is 0 Å². The molecule has 0 spiro atoms. The van der Waals surface area contributed by atoms with Crippen LogP contribution in [0.4, 0.5) is 0 Å². The first-order valence-electron chi connectivity index (χ1n) is 9.52. The maximum atomic E-state index is 12.5. The molecule has 0 saturated heterocycles. The Morgan fingerprint density at radius 3 is 2.38 bits per heavy atom. The van der Waals surface area contributed by atoms with E-state index in [1.54, 1.807) is 30.5 Å². The summed E-state index contributed by atoms with van der Waals surface area (Å²) in [6.45, 7) is 1.53. The Morgan fingerprint density at radius 2 is 1.74 bits per heavy atom. The van der Waals surface area contributed by atoms with E-state index in [2.05, 4.69) is 15.8 Å². The third-order valence-corrected chi connectivity index (χ3v) is 6.60. The number of aromatic hydroxyl groups is 1. The van der Waals surface area contributed by atoms with E-state index < -0.39 is 11.8 Å². The van der Waals surface area contributed by atoms with Crippen molar-refractivity contribution in [2.45, 2.75) is 6.92 Å². The minimum absolute atomic E-state index is 0. The molecule has 3 aromatic rings. The quantitative estimate of drug-likeness (QED) is 0.194. The monoisotopic (exact) mass is 565 g/mol. The van der Waals surface area contributed by atoms with Crippen molar-refractivity contribution in [3.8, 4) is 16.2 Å². The molecule has 0 unspecified atom stereocenters. The number of hydrogen-bond acceptors (Lipinski definition) is 6. The van der Waals surface area contributed by atoms with E-state index in [-0.39, 0.29) is 86.4 Å². The number of carbonyl (C=O) groups excluding carboxylic acids is 2. The van der Waals surface area contributed by atoms with Crippen molar-refractivity contribution in [1.29, 1.82) is 0 Å². The zero-order chi connectivity index (χ0) is 24.1. The molecule has 0 aliphatic rings. The van der Waals surface area contributed by atoms with E-state index in [1.165, 1.54) is 29.5 Å². The molecule has 0 saturated carbocycles. The van der Waals surface area contributed by atoms with E-state index >= 15 is 0 Å². The van der Waals surface area contributed by atoms with Gasteiger partial charge < -0.3 is 15.5 Å². The average Bonchev–Trinajstić information content (AvgIpc) is 3.18. The molecule has 34 heavy (non-hydrogen) atoms. The number of hydrogen-bond donors (Lipinski definition) is 4. The maximum absolute atomic E-state index is 12.5. The van der Waals surface area contributed by atoms with Gasteiger partial charge in [0.05, 0.1) is 43.4 Å². The number of rotatable bonds is 7. The third-order valence-electron chi connectivity index (χ3n) is 4.53. The fourth-order valence-electron chi connectivity index (χ4n) is 2.82. The Labute approximate surface area is 257 Å². The molecule has 174 valence electrons. The second-order valence-electron chi connectivity index (χ2n) is 6.77. The van der Waals surface area contributed by atoms with Crippen LogP contribution in [0.5, 0.6) is 5.75 Å². The summed E-state index contributed by atoms with van der Waals surface area (Å²) < 4.78 is 0. The molecule has 2 amide bonds. The zero-order valence-corrected chi connectivity index (χ0v) is 20.2. The van der Waals surface area contributed by atoms with Gasteiger partial charge in [0.1, 0.15) is 5.75 Å². The molecular formula is C22H19Cl3KN3O4S. The van der Waals surface area contributed by atoms with Gasteiger partial charge in [-0.1, -0.05) is 40.9 Å². The second-order valence-corrected chi connectivity index (χ2v) is 8.87. The van der Waals surface area contributed by atoms with Crippen LogP contribution in [0.25, 0.3) is 10.4 Å². The second kappa shape index (κ2) is 13.4. The van der Waals surface area contributed by atoms with Crippen LogP contribution in [0.2, 0.25) is 15.1 Å². The van der Waals surface area contributed by atoms with E-state index in [1.807, 2.05) is 0 Å². The average molecular weight is 567 g/mol. The van der Waals surface area contributed by atoms with E-state index in [4.69, 9.17) is 39.9 Å². The third kappa shape index (κ3) is 7.04. The molecule has 12 heteroatoms. The first-order valence-corrected chi connectivity index (χ1v) is 11.5. The molecule has 7 nitrogen and oxygen atoms in total. The fourth-order valence-corrected chi connectivity index (χ4v) is 4.38. The number of nitrogens with zero attached hydrogens (tertiary/aromatic N) is 1. The van der Waals surface area contributed by atoms with Gasteiger partial charge in [-0.25, -0.2) is 5.43 Å². The van der Waals surface area contributed by atoms with Crippen molar-refractivity contribution in [1.82, 2.24) is 10.7 Å². The molecular weight excluding hydrogens is 548 g/mol. The molecule has 0 bridgehead atoms. The summed E-state index contributed by atoms with van der Waals surface area (Å²) in [6.07, 6.45) is 0. The van der Waals surface area contributed by atoms with Crippen LogP contribution >= 0.6 is 46.1 Å². The topological polar surface area (TPSA) is 111 Å². The first-order chi connectivity index (χ1) is 15.7. The molecule has 0 aliphatic carbocycles. The SMILES string of the molecule is C/C(=N/NC(=O)c1ccc(C(=O)NCCO)c(Cl)c1)c1csc(-c2ccc(Cl)c(Cl)c2)c1O.[KH]. The van der Waals surface area contributed by atoms with Gasteiger partial charge in [-0.3, -0.25) is 9.59 Å². The Kier molecular flexibility index (Phi) is 11.5. The Balaban J connectivity index is 0.00000408. The number of nitrogens with one attached hydrogen (secondary N) is 2. The zero-order valence-electron chi connectivity index (χ0n) is 17.2. The number of carbonyl (C=O) groups is 2. The van der Waals surface area contributed by atoms with Crippen molar-refractivity contribution < 1.29 is 19.8 Å². The van der Waals surface area contributed by atoms with E-state index in [9.17, 15) is 14.7 Å². The van der Waals surface area contributed by atoms with Crippen LogP contribution in [0.15, 0.2) is 46.9 Å². The van der Waals surface area contributed by atoms with Crippen molar-refractivity contribution in [2.75, 3.05) is 13.2 Å². The Hall–Kier alpha value is -0.984. The minimum atomic E-state index is -0.544. The molecule has 2 aromatic carbocycles. The van der Waals surface area contributed by atoms with Crippen LogP contribution in [0, 0.1) is 0 Å². The summed E-state index contributed by atoms with van der Waals surface area (Å²) in [4.78, 5) is 25.0. The number of aliphatic hydroxyl groups excluding tert-OH is 1. The van der Waals surface area contributed by atoms with Gasteiger partial charge in [0.15, 0.2) is 0 Å². The van der Waals surface area contributed by atoms with E-state index in [0.29, 0.717) is 31.8 Å². The van der Waals surface area contributed by atoms with Gasteiger partial charge in [-0.2, -0.15) is 5.10 Å². The van der Waals surface area contributed by atoms with Crippen molar-refractivity contribution in [2.24, 2.45) is 5.10 Å². The van der Waals surface area contributed by atoms with Crippen molar-refractivity contribution in [3.05, 3.63) is 73.5 Å². The van der Waals surface area contributed by atoms with Crippen molar-refractivity contribution >= 4 is 115 Å². The van der Waals surface area contributed by atoms with Crippen LogP contribution < -0.4 is 10.7 Å². The summed E-state index contributed by atoms with van der Waals surface area (Å²) >= 11 is 19.4. The summed E-state index contributed by atoms with van der Waals surface area (Å²) in [5.74, 6) is -0.992. The van der Waals surface area contributed by atoms with Crippen LogP contribution in [-0.4, -0.2) is 92.3 Å². The van der Waals surface area contributed by atoms with Gasteiger partial charge >= 0.3 is 51.4 Å². The van der Waals surface area contributed by atoms with Gasteiger partial charge in [-0.15, -0.1) is 11.3 Å². The van der Waals surface area contributed by atoms with Crippen LogP contribution in [0.3, 0.4) is 0 Å². The van der Waals surface area contributed by atoms with Crippen LogP contribution in [-0.2, 0) is 0 Å². The fraction of sp³-hybridized carbons (Fsp3) is 0.136. The molecule has 1 aromatic heterocycles. The number of halogens is 3. The number of aliphatic hydroxyl groups is 1. The Morgan fingerprint density at radius 1 is 1.00 bits per heavy atom. The van der Waals surface area contributed by atoms with Gasteiger partial charge in [-0.05, 0) is 42.8 Å². The molecule has 3 rings (SSSR count). The standard InChI is InChI=1S/C22H18Cl3N3O4S.K.H/c1-11(15-10-33-20(19(15)30)12-3-5-16(23)18(25)8-12)27-28-21(31)13-2-4-14(17(24)9-13)22(32)26-6-7-29;;/h2-5,8-10,29-30H,6-7H2,1H3,(H,26,32)(H,28,31);;/b27-11-;;. The Bertz CT molecular complexity index is 1250. The predicted molar refractivity (Wildman–Crippen MR) is 139 cm³/mol. The first kappa shape index (κ1) is 29.2. The van der Waals surface area contributed by atoms with Crippen LogP contribution in [0.1, 0.15) is 33.2 Å². The summed E-state index contributed by atoms with van der Waals surface area (Å²) in [7, 11) is 0. The normalized spacial score (nSPS) is 11.0. The molecule has 0 radical (unpaired) electrons. The molecule has 4 N–H and O–H groups in total. The summed E-state index contributed by atoms with van der Waals surface area (Å²) in [6, 6.07) is 9.24. The molecule has 0 fully saturated rings. The van der Waals surface area contributed by atoms with Gasteiger partial charge in [0.25, 0.3) is 11.8 Å². The number of thiophene rings is 1. The number of benzene rings is 2. The summed E-state index contributed by atoms with van der Waals surface area (Å²) in [5.41, 5.74) is 4.33. The number of hydrazone groups is 1. The molecule has 0 atom stereocenters. The van der Waals surface area contributed by atoms with Gasteiger partial charge in [0, 0.05) is 17.5 Å². The predicted octanol–water partition coefficient (Wildman–Crippen LogP) is 4.31. The number of amides is 2. The summed E-state index contributed by atoms with van der Waals surface area (Å²) in [5, 5.41) is 28.6.